The van der Waals surface area contributed by atoms with Gasteiger partial charge in [0.15, 0.2) is 0 Å². The first kappa shape index (κ1) is 10.8. The van der Waals surface area contributed by atoms with Crippen LogP contribution in [0.15, 0.2) is 36.4 Å². The largest absolute Gasteiger partial charge is 0.398 e. The van der Waals surface area contributed by atoms with E-state index in [1.165, 1.54) is 12.1 Å². The van der Waals surface area contributed by atoms with Gasteiger partial charge in [-0.2, -0.15) is 0 Å². The first-order valence-electron chi connectivity index (χ1n) is 5.66. The molecular weight excluding hydrogens is 229 g/mol. The molecule has 0 aliphatic heterocycles. The summed E-state index contributed by atoms with van der Waals surface area (Å²) in [5.41, 5.74) is 9.96. The molecule has 0 spiro atoms. The molecule has 3 rings (SSSR count). The number of aryl methyl sites for hydroxylation is 1. The van der Waals surface area contributed by atoms with Crippen LogP contribution in [-0.4, -0.2) is 9.97 Å². The highest BCUT2D eigenvalue weighted by molar-refractivity contribution is 5.83. The Morgan fingerprint density at radius 3 is 2.89 bits per heavy atom. The maximum Gasteiger partial charge on any atom is 0.140 e. The third-order valence-electron chi connectivity index (χ3n) is 3.02. The molecule has 0 saturated heterocycles. The SMILES string of the molecule is Cc1cccc(-c2nc3ccc(F)cc3[nH]2)c1N. The number of aromatic amines is 1. The lowest BCUT2D eigenvalue weighted by Gasteiger charge is -2.04. The van der Waals surface area contributed by atoms with Crippen LogP contribution in [0.5, 0.6) is 0 Å². The van der Waals surface area contributed by atoms with Crippen LogP contribution in [0.3, 0.4) is 0 Å². The van der Waals surface area contributed by atoms with Gasteiger partial charge in [-0.1, -0.05) is 12.1 Å². The van der Waals surface area contributed by atoms with E-state index < -0.39 is 0 Å². The molecule has 0 aliphatic carbocycles. The van der Waals surface area contributed by atoms with Gasteiger partial charge in [-0.3, -0.25) is 0 Å². The maximum atomic E-state index is 13.1. The van der Waals surface area contributed by atoms with Gasteiger partial charge < -0.3 is 10.7 Å². The highest BCUT2D eigenvalue weighted by atomic mass is 19.1. The molecule has 0 atom stereocenters. The number of hydrogen-bond acceptors (Lipinski definition) is 2. The Morgan fingerprint density at radius 1 is 1.22 bits per heavy atom. The molecule has 0 unspecified atom stereocenters. The molecule has 18 heavy (non-hydrogen) atoms. The van der Waals surface area contributed by atoms with Crippen LogP contribution in [-0.2, 0) is 0 Å². The minimum atomic E-state index is -0.282. The van der Waals surface area contributed by atoms with Gasteiger partial charge in [-0.05, 0) is 36.8 Å². The Labute approximate surface area is 103 Å². The summed E-state index contributed by atoms with van der Waals surface area (Å²) in [7, 11) is 0. The highest BCUT2D eigenvalue weighted by Gasteiger charge is 2.09. The van der Waals surface area contributed by atoms with Gasteiger partial charge in [0.2, 0.25) is 0 Å². The molecular formula is C14H12FN3. The molecule has 0 saturated carbocycles. The summed E-state index contributed by atoms with van der Waals surface area (Å²) in [6.07, 6.45) is 0. The van der Waals surface area contributed by atoms with Crippen molar-refractivity contribution in [2.24, 2.45) is 0 Å². The van der Waals surface area contributed by atoms with Crippen molar-refractivity contribution in [3.05, 3.63) is 47.8 Å². The molecule has 3 N–H and O–H groups in total. The lowest BCUT2D eigenvalue weighted by molar-refractivity contribution is 0.629. The Bertz CT molecular complexity index is 731. The van der Waals surface area contributed by atoms with Gasteiger partial charge in [0.05, 0.1) is 11.0 Å². The molecule has 90 valence electrons. The normalized spacial score (nSPS) is 11.0. The van der Waals surface area contributed by atoms with Crippen LogP contribution in [0, 0.1) is 12.7 Å². The van der Waals surface area contributed by atoms with E-state index in [-0.39, 0.29) is 5.82 Å². The van der Waals surface area contributed by atoms with Crippen LogP contribution in [0.2, 0.25) is 0 Å². The molecule has 0 aliphatic rings. The molecule has 0 radical (unpaired) electrons. The van der Waals surface area contributed by atoms with Crippen molar-refractivity contribution >= 4 is 16.7 Å². The van der Waals surface area contributed by atoms with E-state index in [4.69, 9.17) is 5.73 Å². The summed E-state index contributed by atoms with van der Waals surface area (Å²) in [5.74, 6) is 0.381. The van der Waals surface area contributed by atoms with Crippen LogP contribution >= 0.6 is 0 Å². The second-order valence-corrected chi connectivity index (χ2v) is 4.28. The van der Waals surface area contributed by atoms with E-state index in [9.17, 15) is 4.39 Å². The fraction of sp³-hybridized carbons (Fsp3) is 0.0714. The maximum absolute atomic E-state index is 13.1. The molecule has 4 heteroatoms. The number of hydrogen-bond donors (Lipinski definition) is 2. The number of rotatable bonds is 1. The number of aromatic nitrogens is 2. The lowest BCUT2D eigenvalue weighted by atomic mass is 10.1. The number of halogens is 1. The fourth-order valence-electron chi connectivity index (χ4n) is 2.00. The number of imidazole rings is 1. The summed E-state index contributed by atoms with van der Waals surface area (Å²) in [5, 5.41) is 0. The summed E-state index contributed by atoms with van der Waals surface area (Å²) in [4.78, 5) is 7.51. The Hall–Kier alpha value is -2.36. The topological polar surface area (TPSA) is 54.7 Å². The number of H-pyrrole nitrogens is 1. The minimum Gasteiger partial charge on any atom is -0.398 e. The van der Waals surface area contributed by atoms with E-state index in [1.54, 1.807) is 6.07 Å². The number of para-hydroxylation sites is 1. The van der Waals surface area contributed by atoms with Crippen molar-refractivity contribution in [1.29, 1.82) is 0 Å². The Morgan fingerprint density at radius 2 is 2.06 bits per heavy atom. The smallest absolute Gasteiger partial charge is 0.140 e. The van der Waals surface area contributed by atoms with Gasteiger partial charge in [-0.15, -0.1) is 0 Å². The third-order valence-corrected chi connectivity index (χ3v) is 3.02. The van der Waals surface area contributed by atoms with Gasteiger partial charge in [0, 0.05) is 11.3 Å². The van der Waals surface area contributed by atoms with Crippen molar-refractivity contribution in [3.8, 4) is 11.4 Å². The van der Waals surface area contributed by atoms with Crippen molar-refractivity contribution in [2.45, 2.75) is 6.92 Å². The molecule has 0 amide bonds. The molecule has 0 bridgehead atoms. The number of nitrogens with one attached hydrogen (secondary N) is 1. The number of nitrogens with two attached hydrogens (primary N) is 1. The van der Waals surface area contributed by atoms with Gasteiger partial charge in [0.25, 0.3) is 0 Å². The minimum absolute atomic E-state index is 0.282. The fourth-order valence-corrected chi connectivity index (χ4v) is 2.00. The second kappa shape index (κ2) is 3.84. The summed E-state index contributed by atoms with van der Waals surface area (Å²) in [6, 6.07) is 10.2. The van der Waals surface area contributed by atoms with Crippen LogP contribution in [0.4, 0.5) is 10.1 Å². The predicted molar refractivity (Wildman–Crippen MR) is 70.6 cm³/mol. The van der Waals surface area contributed by atoms with Crippen molar-refractivity contribution in [2.75, 3.05) is 5.73 Å². The Balaban J connectivity index is 2.22. The first-order chi connectivity index (χ1) is 8.65. The molecule has 3 nitrogen and oxygen atoms in total. The van der Waals surface area contributed by atoms with E-state index in [1.807, 2.05) is 25.1 Å². The zero-order valence-corrected chi connectivity index (χ0v) is 9.87. The highest BCUT2D eigenvalue weighted by Crippen LogP contribution is 2.27. The summed E-state index contributed by atoms with van der Waals surface area (Å²) >= 11 is 0. The van der Waals surface area contributed by atoms with E-state index in [2.05, 4.69) is 9.97 Å². The van der Waals surface area contributed by atoms with Gasteiger partial charge >= 0.3 is 0 Å². The van der Waals surface area contributed by atoms with Crippen LogP contribution in [0.1, 0.15) is 5.56 Å². The van der Waals surface area contributed by atoms with E-state index >= 15 is 0 Å². The standard InChI is InChI=1S/C14H12FN3/c1-8-3-2-4-10(13(8)16)14-17-11-6-5-9(15)7-12(11)18-14/h2-7H,16H2,1H3,(H,17,18). The predicted octanol–water partition coefficient (Wildman–Crippen LogP) is 3.26. The van der Waals surface area contributed by atoms with Crippen molar-refractivity contribution in [1.82, 2.24) is 9.97 Å². The molecule has 3 aromatic rings. The van der Waals surface area contributed by atoms with E-state index in [0.29, 0.717) is 17.0 Å². The zero-order valence-electron chi connectivity index (χ0n) is 9.87. The van der Waals surface area contributed by atoms with E-state index in [0.717, 1.165) is 16.6 Å². The number of fused-ring (bicyclic) bond motifs is 1. The number of nitrogen functional groups attached to an aromatic ring is 1. The first-order valence-corrected chi connectivity index (χ1v) is 5.66. The lowest BCUT2D eigenvalue weighted by Crippen LogP contribution is -1.94. The molecule has 1 aromatic heterocycles. The number of nitrogens with zero attached hydrogens (tertiary/aromatic N) is 1. The molecule has 1 heterocycles. The molecule has 2 aromatic carbocycles. The number of benzene rings is 2. The molecule has 0 fully saturated rings. The number of anilines is 1. The average Bonchev–Trinajstić information content (AvgIpc) is 2.75. The van der Waals surface area contributed by atoms with Crippen molar-refractivity contribution in [3.63, 3.8) is 0 Å². The second-order valence-electron chi connectivity index (χ2n) is 4.28. The third kappa shape index (κ3) is 1.62. The summed E-state index contributed by atoms with van der Waals surface area (Å²) < 4.78 is 13.1. The van der Waals surface area contributed by atoms with Crippen LogP contribution in [0.25, 0.3) is 22.4 Å². The van der Waals surface area contributed by atoms with Gasteiger partial charge in [0.1, 0.15) is 11.6 Å². The van der Waals surface area contributed by atoms with Crippen molar-refractivity contribution < 1.29 is 4.39 Å². The summed E-state index contributed by atoms with van der Waals surface area (Å²) in [6.45, 7) is 1.95. The quantitative estimate of drug-likeness (QED) is 0.642. The zero-order chi connectivity index (χ0) is 12.7. The monoisotopic (exact) mass is 241 g/mol. The van der Waals surface area contributed by atoms with Gasteiger partial charge in [-0.25, -0.2) is 9.37 Å². The van der Waals surface area contributed by atoms with Crippen LogP contribution < -0.4 is 5.73 Å². The average molecular weight is 241 g/mol. The Kier molecular flexibility index (Phi) is 2.30.